The highest BCUT2D eigenvalue weighted by Crippen LogP contribution is 2.40. The van der Waals surface area contributed by atoms with Gasteiger partial charge in [-0.15, -0.1) is 0 Å². The minimum atomic E-state index is -0.175. The first-order valence-corrected chi connectivity index (χ1v) is 8.70. The van der Waals surface area contributed by atoms with E-state index in [1.807, 2.05) is 11.8 Å². The number of benzene rings is 1. The van der Waals surface area contributed by atoms with Crippen LogP contribution in [-0.2, 0) is 0 Å². The number of ether oxygens (including phenoxy) is 1. The maximum atomic E-state index is 13.5. The fourth-order valence-electron chi connectivity index (χ4n) is 3.12. The van der Waals surface area contributed by atoms with Gasteiger partial charge in [-0.05, 0) is 49.1 Å². The Balaban J connectivity index is 1.82. The van der Waals surface area contributed by atoms with Crippen molar-refractivity contribution in [2.24, 2.45) is 5.92 Å². The number of halogens is 1. The molecular formula is C16H22FNOS. The summed E-state index contributed by atoms with van der Waals surface area (Å²) in [5, 5.41) is 3.55. The second kappa shape index (κ2) is 6.35. The van der Waals surface area contributed by atoms with Gasteiger partial charge in [0, 0.05) is 23.9 Å². The molecule has 0 saturated carbocycles. The predicted molar refractivity (Wildman–Crippen MR) is 81.9 cm³/mol. The third-order valence-corrected chi connectivity index (χ3v) is 5.41. The quantitative estimate of drug-likeness (QED) is 0.913. The molecule has 0 spiro atoms. The van der Waals surface area contributed by atoms with E-state index >= 15 is 0 Å². The molecule has 0 bridgehead atoms. The summed E-state index contributed by atoms with van der Waals surface area (Å²) in [6, 6.07) is 5.15. The molecule has 3 rings (SSSR count). The van der Waals surface area contributed by atoms with E-state index in [1.165, 1.54) is 24.0 Å². The van der Waals surface area contributed by atoms with Crippen LogP contribution in [-0.4, -0.2) is 24.2 Å². The zero-order chi connectivity index (χ0) is 13.9. The molecule has 2 aliphatic heterocycles. The molecule has 110 valence electrons. The molecule has 1 aromatic rings. The maximum Gasteiger partial charge on any atom is 0.124 e. The topological polar surface area (TPSA) is 21.3 Å². The minimum absolute atomic E-state index is 0.175. The van der Waals surface area contributed by atoms with E-state index in [9.17, 15) is 4.39 Å². The Morgan fingerprint density at radius 1 is 1.45 bits per heavy atom. The van der Waals surface area contributed by atoms with Gasteiger partial charge in [-0.2, -0.15) is 11.8 Å². The van der Waals surface area contributed by atoms with E-state index < -0.39 is 0 Å². The SMILES string of the molecule is CCCNC1CC(C2CCSC2)Oc2ccc(F)cc21. The van der Waals surface area contributed by atoms with Crippen LogP contribution in [0.1, 0.15) is 37.8 Å². The fraction of sp³-hybridized carbons (Fsp3) is 0.625. The number of rotatable bonds is 4. The van der Waals surface area contributed by atoms with Crippen molar-refractivity contribution in [3.05, 3.63) is 29.6 Å². The van der Waals surface area contributed by atoms with Crippen molar-refractivity contribution in [1.29, 1.82) is 0 Å². The molecule has 3 atom stereocenters. The van der Waals surface area contributed by atoms with E-state index in [0.29, 0.717) is 5.92 Å². The van der Waals surface area contributed by atoms with Crippen LogP contribution < -0.4 is 10.1 Å². The highest BCUT2D eigenvalue weighted by molar-refractivity contribution is 7.99. The Morgan fingerprint density at radius 3 is 3.10 bits per heavy atom. The highest BCUT2D eigenvalue weighted by Gasteiger charge is 2.34. The van der Waals surface area contributed by atoms with Crippen molar-refractivity contribution >= 4 is 11.8 Å². The molecule has 1 fully saturated rings. The first-order valence-electron chi connectivity index (χ1n) is 7.55. The van der Waals surface area contributed by atoms with E-state index in [0.717, 1.165) is 30.7 Å². The van der Waals surface area contributed by atoms with E-state index in [-0.39, 0.29) is 18.0 Å². The molecule has 3 unspecified atom stereocenters. The Kier molecular flexibility index (Phi) is 4.51. The van der Waals surface area contributed by atoms with Crippen LogP contribution in [0.2, 0.25) is 0 Å². The van der Waals surface area contributed by atoms with Gasteiger partial charge in [0.2, 0.25) is 0 Å². The minimum Gasteiger partial charge on any atom is -0.490 e. The monoisotopic (exact) mass is 295 g/mol. The Hall–Kier alpha value is -0.740. The molecule has 1 aromatic carbocycles. The lowest BCUT2D eigenvalue weighted by atomic mass is 9.89. The van der Waals surface area contributed by atoms with Crippen LogP contribution in [0.15, 0.2) is 18.2 Å². The van der Waals surface area contributed by atoms with Crippen molar-refractivity contribution < 1.29 is 9.13 Å². The van der Waals surface area contributed by atoms with Gasteiger partial charge in [0.25, 0.3) is 0 Å². The summed E-state index contributed by atoms with van der Waals surface area (Å²) in [5.74, 6) is 3.78. The number of nitrogens with one attached hydrogen (secondary N) is 1. The predicted octanol–water partition coefficient (Wildman–Crippen LogP) is 3.77. The van der Waals surface area contributed by atoms with Crippen LogP contribution in [0.5, 0.6) is 5.75 Å². The summed E-state index contributed by atoms with van der Waals surface area (Å²) < 4.78 is 19.7. The van der Waals surface area contributed by atoms with Gasteiger partial charge in [-0.3, -0.25) is 0 Å². The standard InChI is InChI=1S/C16H22FNOS/c1-2-6-18-14-9-16(11-5-7-20-10-11)19-15-4-3-12(17)8-13(14)15/h3-4,8,11,14,16,18H,2,5-7,9-10H2,1H3. The molecule has 4 heteroatoms. The molecule has 1 N–H and O–H groups in total. The average molecular weight is 295 g/mol. The number of fused-ring (bicyclic) bond motifs is 1. The van der Waals surface area contributed by atoms with Gasteiger partial charge in [0.05, 0.1) is 0 Å². The lowest BCUT2D eigenvalue weighted by Crippen LogP contribution is -2.37. The molecule has 20 heavy (non-hydrogen) atoms. The van der Waals surface area contributed by atoms with Crippen molar-refractivity contribution in [1.82, 2.24) is 5.32 Å². The molecule has 2 heterocycles. The molecule has 0 aromatic heterocycles. The Morgan fingerprint density at radius 2 is 2.35 bits per heavy atom. The van der Waals surface area contributed by atoms with Crippen LogP contribution >= 0.6 is 11.8 Å². The van der Waals surface area contributed by atoms with Gasteiger partial charge >= 0.3 is 0 Å². The van der Waals surface area contributed by atoms with Gasteiger partial charge in [-0.25, -0.2) is 4.39 Å². The second-order valence-electron chi connectivity index (χ2n) is 5.70. The first-order chi connectivity index (χ1) is 9.78. The van der Waals surface area contributed by atoms with Gasteiger partial charge in [0.15, 0.2) is 0 Å². The van der Waals surface area contributed by atoms with Crippen LogP contribution in [0, 0.1) is 11.7 Å². The average Bonchev–Trinajstić information content (AvgIpc) is 2.99. The van der Waals surface area contributed by atoms with Gasteiger partial charge in [0.1, 0.15) is 17.7 Å². The molecule has 0 amide bonds. The molecule has 0 radical (unpaired) electrons. The molecular weight excluding hydrogens is 273 g/mol. The molecule has 2 nitrogen and oxygen atoms in total. The smallest absolute Gasteiger partial charge is 0.124 e. The third-order valence-electron chi connectivity index (χ3n) is 4.23. The van der Waals surface area contributed by atoms with E-state index in [4.69, 9.17) is 4.74 Å². The Labute approximate surface area is 124 Å². The number of hydrogen-bond donors (Lipinski definition) is 1. The normalized spacial score (nSPS) is 29.0. The summed E-state index contributed by atoms with van der Waals surface area (Å²) in [6.45, 7) is 3.12. The summed E-state index contributed by atoms with van der Waals surface area (Å²) in [6.07, 6.45) is 3.57. The van der Waals surface area contributed by atoms with Gasteiger partial charge in [-0.1, -0.05) is 6.92 Å². The maximum absolute atomic E-state index is 13.5. The first kappa shape index (κ1) is 14.2. The van der Waals surface area contributed by atoms with Gasteiger partial charge < -0.3 is 10.1 Å². The van der Waals surface area contributed by atoms with Crippen molar-refractivity contribution in [3.8, 4) is 5.75 Å². The zero-order valence-corrected chi connectivity index (χ0v) is 12.7. The summed E-state index contributed by atoms with van der Waals surface area (Å²) in [4.78, 5) is 0. The summed E-state index contributed by atoms with van der Waals surface area (Å²) >= 11 is 2.02. The van der Waals surface area contributed by atoms with Crippen LogP contribution in [0.4, 0.5) is 4.39 Å². The molecule has 0 aliphatic carbocycles. The molecule has 2 aliphatic rings. The zero-order valence-electron chi connectivity index (χ0n) is 11.9. The van der Waals surface area contributed by atoms with Crippen molar-refractivity contribution in [2.45, 2.75) is 38.3 Å². The highest BCUT2D eigenvalue weighted by atomic mass is 32.2. The largest absolute Gasteiger partial charge is 0.490 e. The number of hydrogen-bond acceptors (Lipinski definition) is 3. The summed E-state index contributed by atoms with van der Waals surface area (Å²) in [7, 11) is 0. The van der Waals surface area contributed by atoms with E-state index in [2.05, 4.69) is 12.2 Å². The second-order valence-corrected chi connectivity index (χ2v) is 6.85. The Bertz CT molecular complexity index is 462. The van der Waals surface area contributed by atoms with Crippen molar-refractivity contribution in [3.63, 3.8) is 0 Å². The fourth-order valence-corrected chi connectivity index (χ4v) is 4.44. The lowest BCUT2D eigenvalue weighted by Gasteiger charge is -2.35. The number of thioether (sulfide) groups is 1. The van der Waals surface area contributed by atoms with Crippen LogP contribution in [0.3, 0.4) is 0 Å². The third kappa shape index (κ3) is 2.96. The lowest BCUT2D eigenvalue weighted by molar-refractivity contribution is 0.102. The molecule has 1 saturated heterocycles. The van der Waals surface area contributed by atoms with Crippen LogP contribution in [0.25, 0.3) is 0 Å². The summed E-state index contributed by atoms with van der Waals surface area (Å²) in [5.41, 5.74) is 0.986. The van der Waals surface area contributed by atoms with E-state index in [1.54, 1.807) is 12.1 Å². The van der Waals surface area contributed by atoms with Crippen molar-refractivity contribution in [2.75, 3.05) is 18.1 Å².